The van der Waals surface area contributed by atoms with Gasteiger partial charge in [0.05, 0.1) is 6.42 Å². The lowest BCUT2D eigenvalue weighted by atomic mass is 10.0. The van der Waals surface area contributed by atoms with Gasteiger partial charge in [0, 0.05) is 29.9 Å². The predicted octanol–water partition coefficient (Wildman–Crippen LogP) is 1.81. The van der Waals surface area contributed by atoms with E-state index in [9.17, 15) is 9.59 Å². The van der Waals surface area contributed by atoms with Crippen LogP contribution in [-0.4, -0.2) is 35.8 Å². The molecule has 0 aromatic carbocycles. The molecule has 4 nitrogen and oxygen atoms in total. The Balaban J connectivity index is 1.43. The molecule has 2 amide bonds. The van der Waals surface area contributed by atoms with Crippen LogP contribution in [0.5, 0.6) is 0 Å². The Labute approximate surface area is 123 Å². The van der Waals surface area contributed by atoms with Crippen LogP contribution >= 0.6 is 11.3 Å². The zero-order valence-electron chi connectivity index (χ0n) is 11.5. The number of hydrogen-bond acceptors (Lipinski definition) is 3. The molecule has 2 heterocycles. The molecule has 1 N–H and O–H groups in total. The molecule has 1 aromatic heterocycles. The predicted molar refractivity (Wildman–Crippen MR) is 78.5 cm³/mol. The van der Waals surface area contributed by atoms with E-state index in [1.807, 2.05) is 22.4 Å². The van der Waals surface area contributed by atoms with Crippen molar-refractivity contribution in [2.24, 2.45) is 5.92 Å². The van der Waals surface area contributed by atoms with E-state index in [2.05, 4.69) is 5.32 Å². The van der Waals surface area contributed by atoms with Crippen LogP contribution in [0, 0.1) is 5.92 Å². The fourth-order valence-electron chi connectivity index (χ4n) is 2.61. The first-order chi connectivity index (χ1) is 9.72. The molecule has 1 saturated heterocycles. The summed E-state index contributed by atoms with van der Waals surface area (Å²) in [5.41, 5.74) is 0. The lowest BCUT2D eigenvalue weighted by Crippen LogP contribution is -2.47. The highest BCUT2D eigenvalue weighted by atomic mass is 32.1. The van der Waals surface area contributed by atoms with Gasteiger partial charge in [0.1, 0.15) is 0 Å². The Kier molecular flexibility index (Phi) is 4.05. The number of thiophene rings is 1. The van der Waals surface area contributed by atoms with E-state index >= 15 is 0 Å². The summed E-state index contributed by atoms with van der Waals surface area (Å²) in [6.07, 6.45) is 4.37. The maximum atomic E-state index is 12.2. The molecular formula is C15H20N2O2S. The van der Waals surface area contributed by atoms with E-state index in [-0.39, 0.29) is 23.8 Å². The van der Waals surface area contributed by atoms with Crippen LogP contribution in [-0.2, 0) is 16.0 Å². The second-order valence-corrected chi connectivity index (χ2v) is 6.73. The number of amides is 2. The summed E-state index contributed by atoms with van der Waals surface area (Å²) in [4.78, 5) is 26.9. The zero-order valence-corrected chi connectivity index (χ0v) is 12.3. The van der Waals surface area contributed by atoms with Crippen LogP contribution in [0.2, 0.25) is 0 Å². The summed E-state index contributed by atoms with van der Waals surface area (Å²) >= 11 is 1.63. The van der Waals surface area contributed by atoms with Gasteiger partial charge in [0.25, 0.3) is 0 Å². The van der Waals surface area contributed by atoms with E-state index in [1.165, 1.54) is 0 Å². The molecule has 2 aliphatic rings. The Morgan fingerprint density at radius 2 is 2.00 bits per heavy atom. The van der Waals surface area contributed by atoms with Crippen molar-refractivity contribution in [3.05, 3.63) is 22.4 Å². The Morgan fingerprint density at radius 3 is 2.60 bits per heavy atom. The summed E-state index contributed by atoms with van der Waals surface area (Å²) < 4.78 is 0. The molecule has 0 spiro atoms. The molecule has 1 aromatic rings. The van der Waals surface area contributed by atoms with Crippen molar-refractivity contribution in [1.29, 1.82) is 0 Å². The summed E-state index contributed by atoms with van der Waals surface area (Å²) in [5, 5.41) is 5.11. The third-order valence-corrected chi connectivity index (χ3v) is 4.92. The minimum atomic E-state index is 0.208. The molecule has 1 aliphatic heterocycles. The average molecular weight is 292 g/mol. The molecule has 20 heavy (non-hydrogen) atoms. The monoisotopic (exact) mass is 292 g/mol. The van der Waals surface area contributed by atoms with Crippen LogP contribution in [0.3, 0.4) is 0 Å². The first-order valence-electron chi connectivity index (χ1n) is 7.33. The Morgan fingerprint density at radius 1 is 1.25 bits per heavy atom. The largest absolute Gasteiger partial charge is 0.353 e. The number of piperidine rings is 1. The summed E-state index contributed by atoms with van der Waals surface area (Å²) in [6.45, 7) is 1.53. The molecule has 0 atom stereocenters. The normalized spacial score (nSPS) is 19.9. The minimum Gasteiger partial charge on any atom is -0.353 e. The number of nitrogens with one attached hydrogen (secondary N) is 1. The number of hydrogen-bond donors (Lipinski definition) is 1. The van der Waals surface area contributed by atoms with Gasteiger partial charge in [-0.05, 0) is 37.1 Å². The van der Waals surface area contributed by atoms with E-state index in [0.717, 1.165) is 43.6 Å². The minimum absolute atomic E-state index is 0.208. The zero-order chi connectivity index (χ0) is 13.9. The van der Waals surface area contributed by atoms with Crippen molar-refractivity contribution in [2.45, 2.75) is 38.1 Å². The molecule has 0 bridgehead atoms. The third-order valence-electron chi connectivity index (χ3n) is 4.05. The van der Waals surface area contributed by atoms with Crippen LogP contribution in [0.15, 0.2) is 17.5 Å². The van der Waals surface area contributed by atoms with Crippen LogP contribution in [0.1, 0.15) is 30.6 Å². The SMILES string of the molecule is O=C(NC1CCN(C(=O)Cc2cccs2)CC1)C1CC1. The summed E-state index contributed by atoms with van der Waals surface area (Å²) in [5.74, 6) is 0.696. The Hall–Kier alpha value is -1.36. The van der Waals surface area contributed by atoms with Gasteiger partial charge in [-0.15, -0.1) is 11.3 Å². The molecule has 3 rings (SSSR count). The van der Waals surface area contributed by atoms with Crippen molar-refractivity contribution >= 4 is 23.2 Å². The topological polar surface area (TPSA) is 49.4 Å². The van der Waals surface area contributed by atoms with E-state index in [0.29, 0.717) is 6.42 Å². The molecule has 0 radical (unpaired) electrons. The number of carbonyl (C=O) groups is 2. The van der Waals surface area contributed by atoms with Crippen LogP contribution in [0.25, 0.3) is 0 Å². The fraction of sp³-hybridized carbons (Fsp3) is 0.600. The second-order valence-electron chi connectivity index (χ2n) is 5.69. The van der Waals surface area contributed by atoms with Gasteiger partial charge in [-0.1, -0.05) is 6.07 Å². The van der Waals surface area contributed by atoms with Crippen molar-refractivity contribution < 1.29 is 9.59 Å². The lowest BCUT2D eigenvalue weighted by molar-refractivity contribution is -0.131. The van der Waals surface area contributed by atoms with E-state index in [1.54, 1.807) is 11.3 Å². The molecule has 2 fully saturated rings. The van der Waals surface area contributed by atoms with Crippen molar-refractivity contribution in [2.75, 3.05) is 13.1 Å². The second kappa shape index (κ2) is 5.95. The van der Waals surface area contributed by atoms with E-state index < -0.39 is 0 Å². The van der Waals surface area contributed by atoms with E-state index in [4.69, 9.17) is 0 Å². The molecule has 0 unspecified atom stereocenters. The maximum absolute atomic E-state index is 12.2. The highest BCUT2D eigenvalue weighted by Gasteiger charge is 2.32. The fourth-order valence-corrected chi connectivity index (χ4v) is 3.31. The van der Waals surface area contributed by atoms with Gasteiger partial charge in [0.15, 0.2) is 0 Å². The van der Waals surface area contributed by atoms with Crippen molar-refractivity contribution in [3.63, 3.8) is 0 Å². The van der Waals surface area contributed by atoms with Gasteiger partial charge in [-0.3, -0.25) is 9.59 Å². The molecule has 1 aliphatic carbocycles. The number of carbonyl (C=O) groups excluding carboxylic acids is 2. The molecule has 108 valence electrons. The summed E-state index contributed by atoms with van der Waals surface area (Å²) in [7, 11) is 0. The third kappa shape index (κ3) is 3.39. The first-order valence-corrected chi connectivity index (χ1v) is 8.21. The van der Waals surface area contributed by atoms with Gasteiger partial charge in [-0.2, -0.15) is 0 Å². The highest BCUT2D eigenvalue weighted by Crippen LogP contribution is 2.29. The van der Waals surface area contributed by atoms with Crippen LogP contribution in [0.4, 0.5) is 0 Å². The highest BCUT2D eigenvalue weighted by molar-refractivity contribution is 7.10. The first kappa shape index (κ1) is 13.6. The van der Waals surface area contributed by atoms with Crippen molar-refractivity contribution in [3.8, 4) is 0 Å². The smallest absolute Gasteiger partial charge is 0.227 e. The molecule has 1 saturated carbocycles. The lowest BCUT2D eigenvalue weighted by Gasteiger charge is -2.32. The average Bonchev–Trinajstić information content (AvgIpc) is 3.19. The molecular weight excluding hydrogens is 272 g/mol. The van der Waals surface area contributed by atoms with Crippen molar-refractivity contribution in [1.82, 2.24) is 10.2 Å². The quantitative estimate of drug-likeness (QED) is 0.920. The number of nitrogens with zero attached hydrogens (tertiary/aromatic N) is 1. The maximum Gasteiger partial charge on any atom is 0.227 e. The van der Waals surface area contributed by atoms with Crippen LogP contribution < -0.4 is 5.32 Å². The van der Waals surface area contributed by atoms with Gasteiger partial charge >= 0.3 is 0 Å². The Bertz CT molecular complexity index is 474. The number of likely N-dealkylation sites (tertiary alicyclic amines) is 1. The molecule has 5 heteroatoms. The van der Waals surface area contributed by atoms with Gasteiger partial charge < -0.3 is 10.2 Å². The number of rotatable bonds is 4. The van der Waals surface area contributed by atoms with Gasteiger partial charge in [-0.25, -0.2) is 0 Å². The van der Waals surface area contributed by atoms with Gasteiger partial charge in [0.2, 0.25) is 11.8 Å². The summed E-state index contributed by atoms with van der Waals surface area (Å²) in [6, 6.07) is 4.24. The standard InChI is InChI=1S/C15H20N2O2S/c18-14(10-13-2-1-9-20-13)17-7-5-12(6-8-17)16-15(19)11-3-4-11/h1-2,9,11-12H,3-8,10H2,(H,16,19).